The minimum atomic E-state index is -0.486. The van der Waals surface area contributed by atoms with Crippen molar-refractivity contribution in [1.29, 1.82) is 0 Å². The zero-order chi connectivity index (χ0) is 27.6. The van der Waals surface area contributed by atoms with Gasteiger partial charge in [-0.25, -0.2) is 9.18 Å². The molecule has 1 aliphatic heterocycles. The second kappa shape index (κ2) is 14.3. The molecule has 0 aliphatic carbocycles. The number of hydrogen-bond donors (Lipinski definition) is 1. The van der Waals surface area contributed by atoms with Gasteiger partial charge in [-0.1, -0.05) is 41.4 Å². The van der Waals surface area contributed by atoms with E-state index in [9.17, 15) is 14.0 Å². The number of amides is 3. The number of halogens is 3. The first-order valence-corrected chi connectivity index (χ1v) is 13.5. The minimum absolute atomic E-state index is 0.182. The number of nitrogens with zero attached hydrogens (tertiary/aromatic N) is 3. The number of carbonyl (C=O) groups excluding carboxylic acids is 2. The van der Waals surface area contributed by atoms with Crippen LogP contribution in [0.3, 0.4) is 0 Å². The van der Waals surface area contributed by atoms with Gasteiger partial charge in [0.05, 0.1) is 41.8 Å². The van der Waals surface area contributed by atoms with Gasteiger partial charge in [-0.2, -0.15) is 0 Å². The molecule has 0 spiro atoms. The molecule has 11 heteroatoms. The Morgan fingerprint density at radius 2 is 1.67 bits per heavy atom. The number of para-hydroxylation sites is 1. The highest BCUT2D eigenvalue weighted by molar-refractivity contribution is 6.39. The normalized spacial score (nSPS) is 13.7. The van der Waals surface area contributed by atoms with Crippen molar-refractivity contribution >= 4 is 40.8 Å². The van der Waals surface area contributed by atoms with E-state index in [-0.39, 0.29) is 37.0 Å². The number of hydrogen-bond acceptors (Lipinski definition) is 5. The summed E-state index contributed by atoms with van der Waals surface area (Å²) in [6, 6.07) is 13.9. The molecule has 2 heterocycles. The van der Waals surface area contributed by atoms with Crippen LogP contribution in [0.2, 0.25) is 10.0 Å². The summed E-state index contributed by atoms with van der Waals surface area (Å²) in [5.74, 6) is -0.0526. The molecule has 0 bridgehead atoms. The Hall–Kier alpha value is -3.11. The second-order valence-corrected chi connectivity index (χ2v) is 10.0. The van der Waals surface area contributed by atoms with E-state index in [2.05, 4.69) is 10.2 Å². The molecule has 208 valence electrons. The van der Waals surface area contributed by atoms with Crippen molar-refractivity contribution < 1.29 is 23.1 Å². The summed E-state index contributed by atoms with van der Waals surface area (Å²) in [6.45, 7) is 4.35. The molecule has 0 unspecified atom stereocenters. The van der Waals surface area contributed by atoms with Crippen molar-refractivity contribution in [2.45, 2.75) is 19.5 Å². The van der Waals surface area contributed by atoms with Gasteiger partial charge in [-0.3, -0.25) is 9.69 Å². The number of benzene rings is 2. The molecule has 39 heavy (non-hydrogen) atoms. The first-order chi connectivity index (χ1) is 18.9. The third-order valence-corrected chi connectivity index (χ3v) is 7.01. The molecule has 4 rings (SSSR count). The molecular formula is C28H31Cl2FN4O4. The van der Waals surface area contributed by atoms with Crippen LogP contribution in [0.15, 0.2) is 65.3 Å². The van der Waals surface area contributed by atoms with E-state index >= 15 is 0 Å². The Labute approximate surface area is 237 Å². The maximum atomic E-state index is 13.6. The fourth-order valence-electron chi connectivity index (χ4n) is 4.26. The standard InChI is InChI=1S/C28H31Cl2FN4O4/c29-24-5-1-6-25(30)27(24)32-28(37)34(12-3-11-33-13-16-38-17-14-33)20-26(36)35(19-23-4-2-15-39-23)18-21-7-9-22(31)10-8-21/h1-2,4-10,15H,3,11-14,16-20H2,(H,32,37). The molecule has 1 fully saturated rings. The summed E-state index contributed by atoms with van der Waals surface area (Å²) in [4.78, 5) is 32.3. The SMILES string of the molecule is O=C(CN(CCCN1CCOCC1)C(=O)Nc1c(Cl)cccc1Cl)N(Cc1ccc(F)cc1)Cc1ccco1. The van der Waals surface area contributed by atoms with Crippen molar-refractivity contribution in [3.05, 3.63) is 88.0 Å². The van der Waals surface area contributed by atoms with E-state index in [1.54, 1.807) is 47.4 Å². The summed E-state index contributed by atoms with van der Waals surface area (Å²) < 4.78 is 24.3. The van der Waals surface area contributed by atoms with Gasteiger partial charge in [0, 0.05) is 32.7 Å². The highest BCUT2D eigenvalue weighted by Gasteiger charge is 2.24. The maximum absolute atomic E-state index is 13.6. The molecule has 3 aromatic rings. The van der Waals surface area contributed by atoms with Crippen LogP contribution in [-0.2, 0) is 22.6 Å². The van der Waals surface area contributed by atoms with Crippen LogP contribution >= 0.6 is 23.2 Å². The first-order valence-electron chi connectivity index (χ1n) is 12.7. The molecular weight excluding hydrogens is 546 g/mol. The van der Waals surface area contributed by atoms with E-state index in [1.165, 1.54) is 23.3 Å². The summed E-state index contributed by atoms with van der Waals surface area (Å²) in [7, 11) is 0. The van der Waals surface area contributed by atoms with Crippen LogP contribution in [0.25, 0.3) is 0 Å². The number of anilines is 1. The lowest BCUT2D eigenvalue weighted by atomic mass is 10.2. The number of morpholine rings is 1. The van der Waals surface area contributed by atoms with Crippen LogP contribution in [-0.4, -0.2) is 72.6 Å². The number of furan rings is 1. The lowest BCUT2D eigenvalue weighted by Gasteiger charge is -2.30. The number of nitrogens with one attached hydrogen (secondary N) is 1. The zero-order valence-corrected chi connectivity index (χ0v) is 23.0. The van der Waals surface area contributed by atoms with Gasteiger partial charge in [-0.05, 0) is 48.4 Å². The largest absolute Gasteiger partial charge is 0.467 e. The molecule has 1 saturated heterocycles. The number of carbonyl (C=O) groups is 2. The Morgan fingerprint density at radius 1 is 0.949 bits per heavy atom. The third-order valence-electron chi connectivity index (χ3n) is 6.38. The Balaban J connectivity index is 1.49. The molecule has 0 atom stereocenters. The van der Waals surface area contributed by atoms with Crippen LogP contribution in [0.1, 0.15) is 17.7 Å². The van der Waals surface area contributed by atoms with Crippen LogP contribution in [0.4, 0.5) is 14.9 Å². The number of urea groups is 1. The molecule has 1 aliphatic rings. The quantitative estimate of drug-likeness (QED) is 0.325. The van der Waals surface area contributed by atoms with E-state index in [1.807, 2.05) is 0 Å². The third kappa shape index (κ3) is 8.69. The van der Waals surface area contributed by atoms with Crippen LogP contribution < -0.4 is 5.32 Å². The lowest BCUT2D eigenvalue weighted by molar-refractivity contribution is -0.133. The lowest BCUT2D eigenvalue weighted by Crippen LogP contribution is -2.45. The summed E-state index contributed by atoms with van der Waals surface area (Å²) in [5, 5.41) is 3.37. The molecule has 1 aromatic heterocycles. The molecule has 8 nitrogen and oxygen atoms in total. The van der Waals surface area contributed by atoms with Crippen molar-refractivity contribution in [1.82, 2.24) is 14.7 Å². The maximum Gasteiger partial charge on any atom is 0.322 e. The van der Waals surface area contributed by atoms with Gasteiger partial charge in [-0.15, -0.1) is 0 Å². The summed E-state index contributed by atoms with van der Waals surface area (Å²) in [6.07, 6.45) is 2.20. The molecule has 0 radical (unpaired) electrons. The van der Waals surface area contributed by atoms with Gasteiger partial charge in [0.1, 0.15) is 18.1 Å². The Bertz CT molecular complexity index is 1200. The van der Waals surface area contributed by atoms with E-state index in [0.717, 1.165) is 25.2 Å². The van der Waals surface area contributed by atoms with Crippen molar-refractivity contribution in [3.8, 4) is 0 Å². The summed E-state index contributed by atoms with van der Waals surface area (Å²) in [5.41, 5.74) is 1.04. The Morgan fingerprint density at radius 3 is 2.33 bits per heavy atom. The van der Waals surface area contributed by atoms with Gasteiger partial charge >= 0.3 is 6.03 Å². The van der Waals surface area contributed by atoms with Crippen molar-refractivity contribution in [3.63, 3.8) is 0 Å². The fraction of sp³-hybridized carbons (Fsp3) is 0.357. The van der Waals surface area contributed by atoms with Crippen LogP contribution in [0.5, 0.6) is 0 Å². The highest BCUT2D eigenvalue weighted by Crippen LogP contribution is 2.30. The first kappa shape index (κ1) is 28.9. The highest BCUT2D eigenvalue weighted by atomic mass is 35.5. The minimum Gasteiger partial charge on any atom is -0.467 e. The monoisotopic (exact) mass is 576 g/mol. The predicted octanol–water partition coefficient (Wildman–Crippen LogP) is 5.51. The molecule has 1 N–H and O–H groups in total. The van der Waals surface area contributed by atoms with Gasteiger partial charge in [0.15, 0.2) is 0 Å². The summed E-state index contributed by atoms with van der Waals surface area (Å²) >= 11 is 12.5. The molecule has 2 aromatic carbocycles. The van der Waals surface area contributed by atoms with Gasteiger partial charge in [0.2, 0.25) is 5.91 Å². The zero-order valence-electron chi connectivity index (χ0n) is 21.5. The average molecular weight is 577 g/mol. The van der Waals surface area contributed by atoms with E-state index in [0.29, 0.717) is 42.0 Å². The second-order valence-electron chi connectivity index (χ2n) is 9.21. The van der Waals surface area contributed by atoms with Gasteiger partial charge in [0.25, 0.3) is 0 Å². The molecule has 0 saturated carbocycles. The predicted molar refractivity (Wildman–Crippen MR) is 148 cm³/mol. The topological polar surface area (TPSA) is 78.3 Å². The average Bonchev–Trinajstić information content (AvgIpc) is 3.45. The fourth-order valence-corrected chi connectivity index (χ4v) is 4.75. The number of ether oxygens (including phenoxy) is 1. The van der Waals surface area contributed by atoms with Crippen molar-refractivity contribution in [2.24, 2.45) is 0 Å². The van der Waals surface area contributed by atoms with E-state index in [4.69, 9.17) is 32.4 Å². The van der Waals surface area contributed by atoms with Gasteiger partial charge < -0.3 is 24.3 Å². The van der Waals surface area contributed by atoms with Crippen molar-refractivity contribution in [2.75, 3.05) is 51.3 Å². The smallest absolute Gasteiger partial charge is 0.322 e. The number of rotatable bonds is 11. The molecule has 3 amide bonds. The van der Waals surface area contributed by atoms with E-state index < -0.39 is 6.03 Å². The van der Waals surface area contributed by atoms with Crippen LogP contribution in [0, 0.1) is 5.82 Å². The Kier molecular flexibility index (Phi) is 10.6.